The summed E-state index contributed by atoms with van der Waals surface area (Å²) in [6.45, 7) is 3.98. The Labute approximate surface area is 165 Å². The highest BCUT2D eigenvalue weighted by Crippen LogP contribution is 2.18. The van der Waals surface area contributed by atoms with Crippen LogP contribution in [0.2, 0.25) is 0 Å². The van der Waals surface area contributed by atoms with Crippen LogP contribution in [0.1, 0.15) is 18.2 Å². The summed E-state index contributed by atoms with van der Waals surface area (Å²) < 4.78 is 6.59. The van der Waals surface area contributed by atoms with E-state index < -0.39 is 5.25 Å². The van der Waals surface area contributed by atoms with Gasteiger partial charge in [0.1, 0.15) is 18.4 Å². The number of hydrogen-bond acceptors (Lipinski definition) is 7. The maximum atomic E-state index is 12.3. The van der Waals surface area contributed by atoms with Crippen molar-refractivity contribution in [3.05, 3.63) is 54.3 Å². The Balaban J connectivity index is 1.51. The molecule has 2 N–H and O–H groups in total. The standard InChI is InChI=1S/C18H20N6O3S/c1-12-7-16(23-27-12)22-18(26)13(2)28-9-17(25)21-15-6-4-3-5-14(15)8-24-11-19-10-20-24/h3-7,10-11,13H,8-9H2,1-2H3,(H,21,25)(H,22,23,26)/t13-/m0/s1. The molecular formula is C18H20N6O3S. The number of hydrogen-bond donors (Lipinski definition) is 2. The van der Waals surface area contributed by atoms with E-state index in [0.29, 0.717) is 23.8 Å². The highest BCUT2D eigenvalue weighted by Gasteiger charge is 2.17. The third-order valence-corrected chi connectivity index (χ3v) is 4.95. The van der Waals surface area contributed by atoms with Crippen LogP contribution in [0.3, 0.4) is 0 Å². The Kier molecular flexibility index (Phi) is 6.43. The highest BCUT2D eigenvalue weighted by atomic mass is 32.2. The summed E-state index contributed by atoms with van der Waals surface area (Å²) in [4.78, 5) is 28.4. The molecule has 2 amide bonds. The van der Waals surface area contributed by atoms with E-state index in [1.54, 1.807) is 30.9 Å². The van der Waals surface area contributed by atoms with E-state index in [9.17, 15) is 9.59 Å². The molecule has 0 radical (unpaired) electrons. The second-order valence-corrected chi connectivity index (χ2v) is 7.39. The van der Waals surface area contributed by atoms with Crippen LogP contribution >= 0.6 is 11.8 Å². The number of para-hydroxylation sites is 1. The van der Waals surface area contributed by atoms with Crippen molar-refractivity contribution in [1.29, 1.82) is 0 Å². The van der Waals surface area contributed by atoms with E-state index in [0.717, 1.165) is 5.56 Å². The number of aromatic nitrogens is 4. The first-order chi connectivity index (χ1) is 13.5. The molecule has 0 aliphatic rings. The number of benzene rings is 1. The lowest BCUT2D eigenvalue weighted by Crippen LogP contribution is -2.25. The summed E-state index contributed by atoms with van der Waals surface area (Å²) >= 11 is 1.24. The second kappa shape index (κ2) is 9.18. The third-order valence-electron chi connectivity index (χ3n) is 3.80. The molecule has 3 rings (SSSR count). The van der Waals surface area contributed by atoms with Gasteiger partial charge < -0.3 is 15.2 Å². The molecule has 0 unspecified atom stereocenters. The summed E-state index contributed by atoms with van der Waals surface area (Å²) in [6, 6.07) is 9.13. The van der Waals surface area contributed by atoms with Crippen molar-refractivity contribution in [3.63, 3.8) is 0 Å². The van der Waals surface area contributed by atoms with Crippen molar-refractivity contribution >= 4 is 35.1 Å². The van der Waals surface area contributed by atoms with Crippen LogP contribution in [-0.2, 0) is 16.1 Å². The minimum Gasteiger partial charge on any atom is -0.360 e. The molecule has 0 saturated carbocycles. The predicted molar refractivity (Wildman–Crippen MR) is 106 cm³/mol. The fourth-order valence-electron chi connectivity index (χ4n) is 2.38. The minimum absolute atomic E-state index is 0.143. The van der Waals surface area contributed by atoms with Gasteiger partial charge >= 0.3 is 0 Å². The van der Waals surface area contributed by atoms with Crippen molar-refractivity contribution in [2.45, 2.75) is 25.6 Å². The van der Waals surface area contributed by atoms with Crippen molar-refractivity contribution in [3.8, 4) is 0 Å². The quantitative estimate of drug-likeness (QED) is 0.596. The van der Waals surface area contributed by atoms with E-state index in [1.807, 2.05) is 24.3 Å². The van der Waals surface area contributed by atoms with E-state index in [1.165, 1.54) is 18.1 Å². The molecule has 0 aliphatic carbocycles. The molecular weight excluding hydrogens is 380 g/mol. The Morgan fingerprint density at radius 3 is 2.82 bits per heavy atom. The van der Waals surface area contributed by atoms with Gasteiger partial charge in [-0.1, -0.05) is 23.4 Å². The van der Waals surface area contributed by atoms with Crippen molar-refractivity contribution in [1.82, 2.24) is 19.9 Å². The maximum absolute atomic E-state index is 12.3. The topological polar surface area (TPSA) is 115 Å². The van der Waals surface area contributed by atoms with E-state index in [4.69, 9.17) is 4.52 Å². The summed E-state index contributed by atoms with van der Waals surface area (Å²) in [5.41, 5.74) is 1.62. The highest BCUT2D eigenvalue weighted by molar-refractivity contribution is 8.01. The first kappa shape index (κ1) is 19.6. The number of nitrogens with zero attached hydrogens (tertiary/aromatic N) is 4. The fourth-order valence-corrected chi connectivity index (χ4v) is 3.07. The number of aryl methyl sites for hydroxylation is 1. The first-order valence-electron chi connectivity index (χ1n) is 8.57. The van der Waals surface area contributed by atoms with Gasteiger partial charge in [-0.25, -0.2) is 9.67 Å². The molecule has 0 saturated heterocycles. The third kappa shape index (κ3) is 5.43. The monoisotopic (exact) mass is 400 g/mol. The predicted octanol–water partition coefficient (Wildman–Crippen LogP) is 2.32. The average Bonchev–Trinajstić information content (AvgIpc) is 3.33. The fraction of sp³-hybridized carbons (Fsp3) is 0.278. The molecule has 9 nitrogen and oxygen atoms in total. The van der Waals surface area contributed by atoms with E-state index >= 15 is 0 Å². The van der Waals surface area contributed by atoms with Gasteiger partial charge in [0, 0.05) is 11.8 Å². The van der Waals surface area contributed by atoms with Gasteiger partial charge in [0.05, 0.1) is 17.5 Å². The molecule has 0 aliphatic heterocycles. The van der Waals surface area contributed by atoms with Gasteiger partial charge in [-0.3, -0.25) is 9.59 Å². The molecule has 2 aromatic heterocycles. The van der Waals surface area contributed by atoms with E-state index in [2.05, 4.69) is 25.9 Å². The van der Waals surface area contributed by atoms with Crippen molar-refractivity contribution < 1.29 is 14.1 Å². The summed E-state index contributed by atoms with van der Waals surface area (Å²) in [6.07, 6.45) is 3.08. The zero-order chi connectivity index (χ0) is 19.9. The molecule has 3 aromatic rings. The molecule has 1 atom stereocenters. The molecule has 0 bridgehead atoms. The summed E-state index contributed by atoms with van der Waals surface area (Å²) in [7, 11) is 0. The zero-order valence-electron chi connectivity index (χ0n) is 15.5. The van der Waals surface area contributed by atoms with Crippen LogP contribution in [-0.4, -0.2) is 42.7 Å². The zero-order valence-corrected chi connectivity index (χ0v) is 16.3. The average molecular weight is 400 g/mol. The number of nitrogens with one attached hydrogen (secondary N) is 2. The summed E-state index contributed by atoms with van der Waals surface area (Å²) in [5, 5.41) is 12.9. The molecule has 0 spiro atoms. The SMILES string of the molecule is Cc1cc(NC(=O)[C@H](C)SCC(=O)Nc2ccccc2Cn2cncn2)no1. The smallest absolute Gasteiger partial charge is 0.238 e. The lowest BCUT2D eigenvalue weighted by molar-refractivity contribution is -0.115. The van der Waals surface area contributed by atoms with Crippen molar-refractivity contribution in [2.75, 3.05) is 16.4 Å². The van der Waals surface area contributed by atoms with Gasteiger partial charge in [-0.15, -0.1) is 11.8 Å². The van der Waals surface area contributed by atoms with Crippen LogP contribution in [0.5, 0.6) is 0 Å². The Morgan fingerprint density at radius 2 is 2.11 bits per heavy atom. The number of amides is 2. The van der Waals surface area contributed by atoms with Gasteiger partial charge in [-0.2, -0.15) is 5.10 Å². The lowest BCUT2D eigenvalue weighted by Gasteiger charge is -2.13. The maximum Gasteiger partial charge on any atom is 0.238 e. The Hall–Kier alpha value is -3.14. The van der Waals surface area contributed by atoms with E-state index in [-0.39, 0.29) is 17.6 Å². The minimum atomic E-state index is -0.423. The van der Waals surface area contributed by atoms with Crippen LogP contribution in [0, 0.1) is 6.92 Å². The number of carbonyl (C=O) groups excluding carboxylic acids is 2. The molecule has 10 heteroatoms. The van der Waals surface area contributed by atoms with Gasteiger partial charge in [-0.05, 0) is 25.5 Å². The molecule has 0 fully saturated rings. The normalized spacial score (nSPS) is 11.8. The Morgan fingerprint density at radius 1 is 1.29 bits per heavy atom. The molecule has 2 heterocycles. The van der Waals surface area contributed by atoms with Gasteiger partial charge in [0.25, 0.3) is 0 Å². The Bertz CT molecular complexity index is 940. The number of anilines is 2. The first-order valence-corrected chi connectivity index (χ1v) is 9.62. The molecule has 1 aromatic carbocycles. The second-order valence-electron chi connectivity index (χ2n) is 6.06. The van der Waals surface area contributed by atoms with Gasteiger partial charge in [0.2, 0.25) is 11.8 Å². The number of carbonyl (C=O) groups is 2. The van der Waals surface area contributed by atoms with Crippen LogP contribution in [0.25, 0.3) is 0 Å². The molecule has 146 valence electrons. The van der Waals surface area contributed by atoms with Crippen LogP contribution < -0.4 is 10.6 Å². The largest absolute Gasteiger partial charge is 0.360 e. The summed E-state index contributed by atoms with van der Waals surface area (Å²) in [5.74, 6) is 0.691. The lowest BCUT2D eigenvalue weighted by atomic mass is 10.2. The number of rotatable bonds is 8. The van der Waals surface area contributed by atoms with Crippen LogP contribution in [0.4, 0.5) is 11.5 Å². The van der Waals surface area contributed by atoms with Crippen LogP contribution in [0.15, 0.2) is 47.5 Å². The van der Waals surface area contributed by atoms with Crippen molar-refractivity contribution in [2.24, 2.45) is 0 Å². The van der Waals surface area contributed by atoms with Gasteiger partial charge in [0.15, 0.2) is 5.82 Å². The molecule has 28 heavy (non-hydrogen) atoms. The number of thioether (sulfide) groups is 1.